The molecule has 0 aromatic heterocycles. The normalized spacial score (nSPS) is 20.6. The highest BCUT2D eigenvalue weighted by molar-refractivity contribution is 5.78. The van der Waals surface area contributed by atoms with Crippen LogP contribution in [-0.2, 0) is 15.0 Å². The van der Waals surface area contributed by atoms with Gasteiger partial charge in [-0.2, -0.15) is 0 Å². The lowest BCUT2D eigenvalue weighted by atomic mass is 9.73. The number of likely N-dealkylation sites (tertiary alicyclic amines) is 1. The summed E-state index contributed by atoms with van der Waals surface area (Å²) < 4.78 is 0. The molecule has 4 heteroatoms. The Kier molecular flexibility index (Phi) is 6.40. The lowest BCUT2D eigenvalue weighted by Crippen LogP contribution is -2.45. The highest BCUT2D eigenvalue weighted by Gasteiger charge is 2.46. The molecule has 29 heavy (non-hydrogen) atoms. The zero-order chi connectivity index (χ0) is 21.2. The van der Waals surface area contributed by atoms with Crippen LogP contribution in [0, 0.1) is 5.41 Å². The fourth-order valence-corrected chi connectivity index (χ4v) is 5.35. The van der Waals surface area contributed by atoms with Gasteiger partial charge in [-0.15, -0.1) is 0 Å². The number of hydrogen-bond acceptors (Lipinski definition) is 2. The number of amides is 2. The molecule has 0 unspecified atom stereocenters. The maximum absolute atomic E-state index is 12.8. The summed E-state index contributed by atoms with van der Waals surface area (Å²) in [5.41, 5.74) is 2.95. The monoisotopic (exact) mass is 398 g/mol. The molecule has 160 valence electrons. The van der Waals surface area contributed by atoms with Crippen molar-refractivity contribution in [1.82, 2.24) is 9.80 Å². The van der Waals surface area contributed by atoms with Crippen LogP contribution >= 0.6 is 0 Å². The van der Waals surface area contributed by atoms with Gasteiger partial charge in [-0.3, -0.25) is 9.59 Å². The van der Waals surface area contributed by atoms with E-state index >= 15 is 0 Å². The Morgan fingerprint density at radius 1 is 1.10 bits per heavy atom. The van der Waals surface area contributed by atoms with Crippen LogP contribution in [0.5, 0.6) is 0 Å². The van der Waals surface area contributed by atoms with E-state index in [2.05, 4.69) is 63.8 Å². The first-order valence-corrected chi connectivity index (χ1v) is 11.3. The molecule has 0 bridgehead atoms. The zero-order valence-electron chi connectivity index (χ0n) is 19.0. The highest BCUT2D eigenvalue weighted by atomic mass is 16.2. The maximum Gasteiger partial charge on any atom is 0.223 e. The molecule has 4 nitrogen and oxygen atoms in total. The van der Waals surface area contributed by atoms with Gasteiger partial charge in [0, 0.05) is 39.0 Å². The zero-order valence-corrected chi connectivity index (χ0v) is 19.0. The average Bonchev–Trinajstić information content (AvgIpc) is 2.95. The van der Waals surface area contributed by atoms with Crippen LogP contribution in [0.3, 0.4) is 0 Å². The highest BCUT2D eigenvalue weighted by Crippen LogP contribution is 2.52. The predicted octanol–water partition coefficient (Wildman–Crippen LogP) is 4.73. The van der Waals surface area contributed by atoms with E-state index in [9.17, 15) is 9.59 Å². The summed E-state index contributed by atoms with van der Waals surface area (Å²) in [6, 6.07) is 8.73. The summed E-state index contributed by atoms with van der Waals surface area (Å²) >= 11 is 0. The number of hydrogen-bond donors (Lipinski definition) is 0. The molecule has 1 saturated heterocycles. The smallest absolute Gasteiger partial charge is 0.223 e. The molecule has 0 saturated carbocycles. The number of carbonyl (C=O) groups excluding carboxylic acids is 2. The first kappa shape index (κ1) is 21.9. The third-order valence-corrected chi connectivity index (χ3v) is 6.90. The van der Waals surface area contributed by atoms with Crippen molar-refractivity contribution in [2.75, 3.05) is 26.2 Å². The second-order valence-electron chi connectivity index (χ2n) is 10.2. The molecular weight excluding hydrogens is 360 g/mol. The van der Waals surface area contributed by atoms with Crippen LogP contribution in [0.15, 0.2) is 24.3 Å². The van der Waals surface area contributed by atoms with Crippen LogP contribution in [0.4, 0.5) is 0 Å². The van der Waals surface area contributed by atoms with E-state index in [4.69, 9.17) is 0 Å². The van der Waals surface area contributed by atoms with Crippen molar-refractivity contribution < 1.29 is 9.59 Å². The Balaban J connectivity index is 1.73. The Hall–Kier alpha value is -1.84. The minimum absolute atomic E-state index is 0.0298. The number of piperidine rings is 1. The molecule has 0 N–H and O–H groups in total. The van der Waals surface area contributed by atoms with Crippen molar-refractivity contribution in [1.29, 1.82) is 0 Å². The quantitative estimate of drug-likeness (QED) is 0.719. The molecule has 2 aliphatic rings. The van der Waals surface area contributed by atoms with Crippen molar-refractivity contribution in [3.8, 4) is 0 Å². The van der Waals surface area contributed by atoms with Crippen molar-refractivity contribution in [3.05, 3.63) is 35.4 Å². The molecule has 1 spiro atoms. The molecule has 1 aliphatic heterocycles. The van der Waals surface area contributed by atoms with Crippen LogP contribution in [0.25, 0.3) is 0 Å². The predicted molar refractivity (Wildman–Crippen MR) is 118 cm³/mol. The van der Waals surface area contributed by atoms with Gasteiger partial charge in [-0.1, -0.05) is 45.0 Å². The lowest BCUT2D eigenvalue weighted by Gasteiger charge is -2.41. The third kappa shape index (κ3) is 4.67. The van der Waals surface area contributed by atoms with E-state index in [1.54, 1.807) is 0 Å². The van der Waals surface area contributed by atoms with E-state index in [0.29, 0.717) is 18.8 Å². The van der Waals surface area contributed by atoms with Crippen LogP contribution < -0.4 is 0 Å². The SMILES string of the molecule is CCN(CC)C(=O)C[C@H]1CC2(CCN(C(=O)CC(C)(C)C)CC2)c2ccccc21. The van der Waals surface area contributed by atoms with Crippen molar-refractivity contribution in [3.63, 3.8) is 0 Å². The van der Waals surface area contributed by atoms with Crippen LogP contribution in [0.2, 0.25) is 0 Å². The first-order chi connectivity index (χ1) is 13.7. The number of carbonyl (C=O) groups is 2. The Bertz CT molecular complexity index is 737. The van der Waals surface area contributed by atoms with Gasteiger partial charge in [-0.25, -0.2) is 0 Å². The van der Waals surface area contributed by atoms with Gasteiger partial charge in [0.25, 0.3) is 0 Å². The van der Waals surface area contributed by atoms with Crippen molar-refractivity contribution >= 4 is 11.8 Å². The van der Waals surface area contributed by atoms with Gasteiger partial charge in [0.15, 0.2) is 0 Å². The fourth-order valence-electron chi connectivity index (χ4n) is 5.35. The molecular formula is C25H38N2O2. The van der Waals surface area contributed by atoms with E-state index in [0.717, 1.165) is 45.4 Å². The average molecular weight is 399 g/mol. The van der Waals surface area contributed by atoms with Crippen molar-refractivity contribution in [2.24, 2.45) is 5.41 Å². The van der Waals surface area contributed by atoms with Gasteiger partial charge < -0.3 is 9.80 Å². The number of benzene rings is 1. The molecule has 1 aliphatic carbocycles. The summed E-state index contributed by atoms with van der Waals surface area (Å²) in [6.45, 7) is 13.7. The molecule has 3 rings (SSSR count). The molecule has 1 atom stereocenters. The molecule has 0 radical (unpaired) electrons. The molecule has 1 aromatic carbocycles. The number of nitrogens with zero attached hydrogens (tertiary/aromatic N) is 2. The van der Waals surface area contributed by atoms with E-state index < -0.39 is 0 Å². The van der Waals surface area contributed by atoms with Gasteiger partial charge >= 0.3 is 0 Å². The second kappa shape index (κ2) is 8.49. The second-order valence-corrected chi connectivity index (χ2v) is 10.2. The summed E-state index contributed by atoms with van der Waals surface area (Å²) in [4.78, 5) is 29.5. The fraction of sp³-hybridized carbons (Fsp3) is 0.680. The minimum Gasteiger partial charge on any atom is -0.343 e. The summed E-state index contributed by atoms with van der Waals surface area (Å²) in [6.07, 6.45) is 4.27. The maximum atomic E-state index is 12.8. The van der Waals surface area contributed by atoms with Crippen LogP contribution in [-0.4, -0.2) is 47.8 Å². The van der Waals surface area contributed by atoms with Crippen LogP contribution in [0.1, 0.15) is 83.8 Å². The Morgan fingerprint density at radius 2 is 1.72 bits per heavy atom. The Labute approximate surface area is 176 Å². The van der Waals surface area contributed by atoms with Crippen molar-refractivity contribution in [2.45, 2.75) is 78.1 Å². The number of fused-ring (bicyclic) bond motifs is 2. The standard InChI is InChI=1S/C25H38N2O2/c1-6-26(7-2)22(28)16-19-17-25(21-11-9-8-10-20(19)21)12-14-27(15-13-25)23(29)18-24(3,4)5/h8-11,19H,6-7,12-18H2,1-5H3/t19-/m0/s1. The summed E-state index contributed by atoms with van der Waals surface area (Å²) in [5, 5.41) is 0. The lowest BCUT2D eigenvalue weighted by molar-refractivity contribution is -0.134. The van der Waals surface area contributed by atoms with Gasteiger partial charge in [-0.05, 0) is 61.0 Å². The number of rotatable bonds is 5. The summed E-state index contributed by atoms with van der Waals surface area (Å²) in [5.74, 6) is 0.854. The molecule has 1 aromatic rings. The Morgan fingerprint density at radius 3 is 2.31 bits per heavy atom. The third-order valence-electron chi connectivity index (χ3n) is 6.90. The topological polar surface area (TPSA) is 40.6 Å². The largest absolute Gasteiger partial charge is 0.343 e. The minimum atomic E-state index is 0.0298. The van der Waals surface area contributed by atoms with E-state index in [1.165, 1.54) is 11.1 Å². The van der Waals surface area contributed by atoms with E-state index in [-0.39, 0.29) is 22.6 Å². The van der Waals surface area contributed by atoms with Gasteiger partial charge in [0.1, 0.15) is 0 Å². The molecule has 1 heterocycles. The van der Waals surface area contributed by atoms with Gasteiger partial charge in [0.2, 0.25) is 11.8 Å². The van der Waals surface area contributed by atoms with E-state index in [1.807, 2.05) is 4.90 Å². The van der Waals surface area contributed by atoms with Gasteiger partial charge in [0.05, 0.1) is 0 Å². The first-order valence-electron chi connectivity index (χ1n) is 11.3. The molecule has 1 fully saturated rings. The molecule has 2 amide bonds. The summed E-state index contributed by atoms with van der Waals surface area (Å²) in [7, 11) is 0.